The standard InChI is InChI=1S/C21H19N5O/c1-13-4-5-14(2)19(8-13)26-21-23-7-6-18(25-21)16-9-17(12-22-11-16)20-15(3)10-24-27-20/h4-12H,1-3H3,(H,23,25,26). The van der Waals surface area contributed by atoms with Crippen molar-refractivity contribution < 1.29 is 4.52 Å². The van der Waals surface area contributed by atoms with Gasteiger partial charge in [0.1, 0.15) is 0 Å². The quantitative estimate of drug-likeness (QED) is 0.562. The lowest BCUT2D eigenvalue weighted by molar-refractivity contribution is 0.432. The fourth-order valence-corrected chi connectivity index (χ4v) is 2.84. The van der Waals surface area contributed by atoms with Crippen LogP contribution in [-0.4, -0.2) is 20.1 Å². The molecular formula is C21H19N5O. The molecule has 6 nitrogen and oxygen atoms in total. The van der Waals surface area contributed by atoms with E-state index in [-0.39, 0.29) is 0 Å². The van der Waals surface area contributed by atoms with Crippen LogP contribution in [0.25, 0.3) is 22.6 Å². The van der Waals surface area contributed by atoms with E-state index >= 15 is 0 Å². The number of nitrogens with zero attached hydrogens (tertiary/aromatic N) is 4. The zero-order valence-electron chi connectivity index (χ0n) is 15.4. The Morgan fingerprint density at radius 3 is 2.56 bits per heavy atom. The first-order chi connectivity index (χ1) is 13.1. The van der Waals surface area contributed by atoms with Crippen LogP contribution in [-0.2, 0) is 0 Å². The van der Waals surface area contributed by atoms with Gasteiger partial charge in [-0.2, -0.15) is 0 Å². The van der Waals surface area contributed by atoms with Gasteiger partial charge in [0, 0.05) is 41.0 Å². The van der Waals surface area contributed by atoms with Crippen molar-refractivity contribution in [2.24, 2.45) is 0 Å². The predicted octanol–water partition coefficient (Wildman–Crippen LogP) is 4.86. The highest BCUT2D eigenvalue weighted by Gasteiger charge is 2.10. The molecule has 0 radical (unpaired) electrons. The summed E-state index contributed by atoms with van der Waals surface area (Å²) in [6.07, 6.45) is 6.97. The number of nitrogens with one attached hydrogen (secondary N) is 1. The molecule has 0 aliphatic heterocycles. The molecule has 6 heteroatoms. The number of anilines is 2. The first-order valence-corrected chi connectivity index (χ1v) is 8.64. The van der Waals surface area contributed by atoms with E-state index in [2.05, 4.69) is 57.5 Å². The van der Waals surface area contributed by atoms with Crippen molar-refractivity contribution in [2.45, 2.75) is 20.8 Å². The minimum Gasteiger partial charge on any atom is -0.356 e. The van der Waals surface area contributed by atoms with Gasteiger partial charge in [0.05, 0.1) is 11.9 Å². The number of benzene rings is 1. The molecule has 0 saturated carbocycles. The number of hydrogen-bond acceptors (Lipinski definition) is 6. The van der Waals surface area contributed by atoms with E-state index in [0.29, 0.717) is 11.7 Å². The summed E-state index contributed by atoms with van der Waals surface area (Å²) >= 11 is 0. The van der Waals surface area contributed by atoms with Gasteiger partial charge in [-0.3, -0.25) is 4.98 Å². The van der Waals surface area contributed by atoms with E-state index < -0.39 is 0 Å². The summed E-state index contributed by atoms with van der Waals surface area (Å²) in [6, 6.07) is 10.1. The van der Waals surface area contributed by atoms with E-state index in [4.69, 9.17) is 4.52 Å². The molecule has 0 saturated heterocycles. The highest BCUT2D eigenvalue weighted by atomic mass is 16.5. The molecule has 3 heterocycles. The van der Waals surface area contributed by atoms with Crippen molar-refractivity contribution in [3.63, 3.8) is 0 Å². The van der Waals surface area contributed by atoms with Crippen molar-refractivity contribution in [1.82, 2.24) is 20.1 Å². The van der Waals surface area contributed by atoms with Crippen molar-refractivity contribution in [3.05, 3.63) is 71.8 Å². The van der Waals surface area contributed by atoms with Crippen LogP contribution in [0.2, 0.25) is 0 Å². The van der Waals surface area contributed by atoms with E-state index in [9.17, 15) is 0 Å². The molecule has 0 bridgehead atoms. The van der Waals surface area contributed by atoms with Gasteiger partial charge in [-0.1, -0.05) is 17.3 Å². The van der Waals surface area contributed by atoms with Crippen molar-refractivity contribution in [2.75, 3.05) is 5.32 Å². The largest absolute Gasteiger partial charge is 0.356 e. The van der Waals surface area contributed by atoms with Crippen LogP contribution < -0.4 is 5.32 Å². The number of rotatable bonds is 4. The molecule has 0 unspecified atom stereocenters. The molecule has 134 valence electrons. The normalized spacial score (nSPS) is 10.8. The van der Waals surface area contributed by atoms with Gasteiger partial charge in [0.2, 0.25) is 5.95 Å². The first kappa shape index (κ1) is 16.9. The van der Waals surface area contributed by atoms with E-state index in [1.807, 2.05) is 19.1 Å². The smallest absolute Gasteiger partial charge is 0.227 e. The summed E-state index contributed by atoms with van der Waals surface area (Å²) in [6.45, 7) is 6.07. The Bertz CT molecular complexity index is 1100. The topological polar surface area (TPSA) is 76.7 Å². The third-order valence-electron chi connectivity index (χ3n) is 4.34. The maximum Gasteiger partial charge on any atom is 0.227 e. The third kappa shape index (κ3) is 3.55. The molecule has 3 aromatic heterocycles. The zero-order valence-corrected chi connectivity index (χ0v) is 15.4. The maximum atomic E-state index is 5.33. The second-order valence-corrected chi connectivity index (χ2v) is 6.51. The summed E-state index contributed by atoms with van der Waals surface area (Å²) in [5.74, 6) is 1.26. The molecule has 1 aromatic carbocycles. The highest BCUT2D eigenvalue weighted by molar-refractivity contribution is 5.69. The lowest BCUT2D eigenvalue weighted by Gasteiger charge is -2.10. The summed E-state index contributed by atoms with van der Waals surface area (Å²) in [4.78, 5) is 13.3. The van der Waals surface area contributed by atoms with E-state index in [0.717, 1.165) is 33.6 Å². The van der Waals surface area contributed by atoms with Crippen molar-refractivity contribution in [3.8, 4) is 22.6 Å². The van der Waals surface area contributed by atoms with Gasteiger partial charge in [0.15, 0.2) is 5.76 Å². The fraction of sp³-hybridized carbons (Fsp3) is 0.143. The lowest BCUT2D eigenvalue weighted by Crippen LogP contribution is -2.00. The number of hydrogen-bond donors (Lipinski definition) is 1. The summed E-state index contributed by atoms with van der Waals surface area (Å²) in [5, 5.41) is 7.14. The Kier molecular flexibility index (Phi) is 4.38. The van der Waals surface area contributed by atoms with Gasteiger partial charge in [-0.15, -0.1) is 0 Å². The minimum atomic E-state index is 0.544. The van der Waals surface area contributed by atoms with Crippen LogP contribution in [0, 0.1) is 20.8 Å². The van der Waals surface area contributed by atoms with Crippen LogP contribution in [0.1, 0.15) is 16.7 Å². The Morgan fingerprint density at radius 1 is 0.889 bits per heavy atom. The predicted molar refractivity (Wildman–Crippen MR) is 105 cm³/mol. The van der Waals surface area contributed by atoms with Crippen molar-refractivity contribution >= 4 is 11.6 Å². The number of aryl methyl sites for hydroxylation is 3. The summed E-state index contributed by atoms with van der Waals surface area (Å²) < 4.78 is 5.33. The van der Waals surface area contributed by atoms with Crippen LogP contribution in [0.4, 0.5) is 11.6 Å². The molecule has 27 heavy (non-hydrogen) atoms. The zero-order chi connectivity index (χ0) is 18.8. The molecule has 1 N–H and O–H groups in total. The van der Waals surface area contributed by atoms with Gasteiger partial charge < -0.3 is 9.84 Å². The number of pyridine rings is 1. The van der Waals surface area contributed by atoms with Crippen LogP contribution >= 0.6 is 0 Å². The molecule has 0 atom stereocenters. The average Bonchev–Trinajstić information content (AvgIpc) is 3.11. The second kappa shape index (κ2) is 6.99. The molecule has 4 rings (SSSR count). The first-order valence-electron chi connectivity index (χ1n) is 8.64. The average molecular weight is 357 g/mol. The third-order valence-corrected chi connectivity index (χ3v) is 4.34. The molecular weight excluding hydrogens is 338 g/mol. The van der Waals surface area contributed by atoms with Gasteiger partial charge in [-0.25, -0.2) is 9.97 Å². The molecule has 4 aromatic rings. The Balaban J connectivity index is 1.67. The lowest BCUT2D eigenvalue weighted by atomic mass is 10.1. The molecule has 0 aliphatic rings. The molecule has 0 fully saturated rings. The van der Waals surface area contributed by atoms with Crippen LogP contribution in [0.3, 0.4) is 0 Å². The van der Waals surface area contributed by atoms with Crippen LogP contribution in [0.5, 0.6) is 0 Å². The molecule has 0 amide bonds. The Labute approximate surface area is 157 Å². The Morgan fingerprint density at radius 2 is 1.74 bits per heavy atom. The summed E-state index contributed by atoms with van der Waals surface area (Å²) in [7, 11) is 0. The Hall–Kier alpha value is -3.54. The van der Waals surface area contributed by atoms with Gasteiger partial charge in [0.25, 0.3) is 0 Å². The van der Waals surface area contributed by atoms with E-state index in [1.54, 1.807) is 24.8 Å². The monoisotopic (exact) mass is 357 g/mol. The molecule has 0 aliphatic carbocycles. The van der Waals surface area contributed by atoms with Crippen molar-refractivity contribution in [1.29, 1.82) is 0 Å². The maximum absolute atomic E-state index is 5.33. The minimum absolute atomic E-state index is 0.544. The molecule has 0 spiro atoms. The summed E-state index contributed by atoms with van der Waals surface area (Å²) in [5.41, 5.74) is 6.81. The van der Waals surface area contributed by atoms with Gasteiger partial charge in [-0.05, 0) is 50.1 Å². The van der Waals surface area contributed by atoms with E-state index in [1.165, 1.54) is 5.56 Å². The fourth-order valence-electron chi connectivity index (χ4n) is 2.84. The SMILES string of the molecule is Cc1ccc(C)c(Nc2nccc(-c3cncc(-c4oncc4C)c3)n2)c1. The highest BCUT2D eigenvalue weighted by Crippen LogP contribution is 2.27. The van der Waals surface area contributed by atoms with Gasteiger partial charge >= 0.3 is 0 Å². The second-order valence-electron chi connectivity index (χ2n) is 6.51. The number of aromatic nitrogens is 4. The van der Waals surface area contributed by atoms with Crippen LogP contribution in [0.15, 0.2) is 59.6 Å².